The molecule has 0 saturated carbocycles. The van der Waals surface area contributed by atoms with E-state index in [1.165, 1.54) is 4.31 Å². The van der Waals surface area contributed by atoms with Crippen LogP contribution in [0.15, 0.2) is 23.1 Å². The minimum absolute atomic E-state index is 0.0767. The standard InChI is InChI=1S/C14H22N2O3S2/c1-16(12-6-8-20-10-12)21(17,18)14-4-3-13(19-2)9-11(14)5-7-15/h3-4,9,12H,5-8,10,15H2,1-2H3. The smallest absolute Gasteiger partial charge is 0.243 e. The van der Waals surface area contributed by atoms with Gasteiger partial charge in [0.2, 0.25) is 10.0 Å². The Morgan fingerprint density at radius 1 is 1.48 bits per heavy atom. The normalized spacial score (nSPS) is 19.1. The highest BCUT2D eigenvalue weighted by Crippen LogP contribution is 2.29. The fourth-order valence-electron chi connectivity index (χ4n) is 2.45. The summed E-state index contributed by atoms with van der Waals surface area (Å²) in [5, 5.41) is 0. The Morgan fingerprint density at radius 2 is 2.24 bits per heavy atom. The van der Waals surface area contributed by atoms with Crippen LogP contribution in [0.2, 0.25) is 0 Å². The third kappa shape index (κ3) is 3.53. The molecule has 0 aliphatic carbocycles. The molecular formula is C14H22N2O3S2. The Kier molecular flexibility index (Phi) is 5.54. The van der Waals surface area contributed by atoms with E-state index in [9.17, 15) is 8.42 Å². The second-order valence-corrected chi connectivity index (χ2v) is 8.17. The van der Waals surface area contributed by atoms with E-state index in [1.807, 2.05) is 0 Å². The molecule has 1 fully saturated rings. The lowest BCUT2D eigenvalue weighted by atomic mass is 10.1. The summed E-state index contributed by atoms with van der Waals surface area (Å²) in [5.74, 6) is 2.53. The number of ether oxygens (including phenoxy) is 1. The van der Waals surface area contributed by atoms with Crippen LogP contribution in [-0.2, 0) is 16.4 Å². The number of rotatable bonds is 6. The molecule has 21 heavy (non-hydrogen) atoms. The third-order valence-electron chi connectivity index (χ3n) is 3.76. The van der Waals surface area contributed by atoms with Gasteiger partial charge in [-0.1, -0.05) is 0 Å². The molecule has 1 aromatic rings. The Labute approximate surface area is 130 Å². The van der Waals surface area contributed by atoms with E-state index in [2.05, 4.69) is 0 Å². The summed E-state index contributed by atoms with van der Waals surface area (Å²) < 4.78 is 32.4. The molecular weight excluding hydrogens is 308 g/mol. The van der Waals surface area contributed by atoms with E-state index in [1.54, 1.807) is 44.1 Å². The molecule has 1 aromatic carbocycles. The summed E-state index contributed by atoms with van der Waals surface area (Å²) in [4.78, 5) is 0.341. The van der Waals surface area contributed by atoms with Crippen molar-refractivity contribution < 1.29 is 13.2 Å². The molecule has 2 N–H and O–H groups in total. The molecule has 0 amide bonds. The fourth-order valence-corrected chi connectivity index (χ4v) is 5.42. The first kappa shape index (κ1) is 16.6. The second-order valence-electron chi connectivity index (χ2n) is 5.05. The minimum atomic E-state index is -3.49. The zero-order chi connectivity index (χ0) is 15.5. The van der Waals surface area contributed by atoms with Gasteiger partial charge in [0.15, 0.2) is 0 Å². The summed E-state index contributed by atoms with van der Waals surface area (Å²) >= 11 is 1.80. The Hall–Kier alpha value is -0.760. The van der Waals surface area contributed by atoms with Crippen LogP contribution in [-0.4, -0.2) is 51.0 Å². The van der Waals surface area contributed by atoms with Gasteiger partial charge in [-0.05, 0) is 48.9 Å². The van der Waals surface area contributed by atoms with Gasteiger partial charge in [-0.2, -0.15) is 16.1 Å². The van der Waals surface area contributed by atoms with Gasteiger partial charge in [0, 0.05) is 18.8 Å². The number of hydrogen-bond acceptors (Lipinski definition) is 5. The molecule has 118 valence electrons. The first-order valence-corrected chi connectivity index (χ1v) is 9.53. The molecule has 1 aliphatic heterocycles. The fraction of sp³-hybridized carbons (Fsp3) is 0.571. The van der Waals surface area contributed by atoms with E-state index in [-0.39, 0.29) is 6.04 Å². The quantitative estimate of drug-likeness (QED) is 0.852. The lowest BCUT2D eigenvalue weighted by Gasteiger charge is -2.24. The monoisotopic (exact) mass is 330 g/mol. The Balaban J connectivity index is 2.38. The van der Waals surface area contributed by atoms with Crippen LogP contribution in [0.1, 0.15) is 12.0 Å². The Morgan fingerprint density at radius 3 is 2.81 bits per heavy atom. The molecule has 1 unspecified atom stereocenters. The number of methoxy groups -OCH3 is 1. The molecule has 0 aromatic heterocycles. The largest absolute Gasteiger partial charge is 0.497 e. The van der Waals surface area contributed by atoms with Crippen LogP contribution < -0.4 is 10.5 Å². The predicted octanol–water partition coefficient (Wildman–Crippen LogP) is 1.32. The SMILES string of the molecule is COc1ccc(S(=O)(=O)N(C)C2CCSC2)c(CCN)c1. The molecule has 5 nitrogen and oxygen atoms in total. The number of sulfonamides is 1. The maximum absolute atomic E-state index is 12.8. The van der Waals surface area contributed by atoms with Crippen LogP contribution in [0, 0.1) is 0 Å². The number of nitrogens with zero attached hydrogens (tertiary/aromatic N) is 1. The number of thioether (sulfide) groups is 1. The second kappa shape index (κ2) is 7.00. The molecule has 0 bridgehead atoms. The maximum atomic E-state index is 12.8. The minimum Gasteiger partial charge on any atom is -0.497 e. The van der Waals surface area contributed by atoms with E-state index in [0.29, 0.717) is 29.2 Å². The zero-order valence-corrected chi connectivity index (χ0v) is 14.0. The van der Waals surface area contributed by atoms with Crippen molar-refractivity contribution in [2.24, 2.45) is 5.73 Å². The van der Waals surface area contributed by atoms with Crippen LogP contribution in [0.5, 0.6) is 5.75 Å². The summed E-state index contributed by atoms with van der Waals surface area (Å²) in [6.07, 6.45) is 1.42. The van der Waals surface area contributed by atoms with E-state index >= 15 is 0 Å². The first-order chi connectivity index (χ1) is 10.0. The molecule has 1 heterocycles. The van der Waals surface area contributed by atoms with Crippen molar-refractivity contribution in [1.29, 1.82) is 0 Å². The highest BCUT2D eigenvalue weighted by atomic mass is 32.2. The van der Waals surface area contributed by atoms with Gasteiger partial charge in [0.05, 0.1) is 12.0 Å². The third-order valence-corrected chi connectivity index (χ3v) is 6.91. The number of hydrogen-bond donors (Lipinski definition) is 1. The van der Waals surface area contributed by atoms with Crippen LogP contribution in [0.25, 0.3) is 0 Å². The van der Waals surface area contributed by atoms with Crippen molar-refractivity contribution in [3.8, 4) is 5.75 Å². The lowest BCUT2D eigenvalue weighted by Crippen LogP contribution is -2.37. The van der Waals surface area contributed by atoms with Gasteiger partial charge in [-0.15, -0.1) is 0 Å². The summed E-state index contributed by atoms with van der Waals surface area (Å²) in [6, 6.07) is 5.15. The summed E-state index contributed by atoms with van der Waals surface area (Å²) in [7, 11) is -0.255. The average molecular weight is 330 g/mol. The topological polar surface area (TPSA) is 72.6 Å². The van der Waals surface area contributed by atoms with Gasteiger partial charge < -0.3 is 10.5 Å². The van der Waals surface area contributed by atoms with Crippen LogP contribution in [0.4, 0.5) is 0 Å². The van der Waals surface area contributed by atoms with Crippen molar-refractivity contribution in [2.75, 3.05) is 32.2 Å². The number of benzene rings is 1. The average Bonchev–Trinajstić information content (AvgIpc) is 3.00. The predicted molar refractivity (Wildman–Crippen MR) is 86.4 cm³/mol. The summed E-state index contributed by atoms with van der Waals surface area (Å²) in [5.41, 5.74) is 6.33. The molecule has 1 aliphatic rings. The van der Waals surface area contributed by atoms with Gasteiger partial charge in [0.1, 0.15) is 5.75 Å². The molecule has 7 heteroatoms. The van der Waals surface area contributed by atoms with Crippen LogP contribution in [0.3, 0.4) is 0 Å². The van der Waals surface area contributed by atoms with Gasteiger partial charge in [0.25, 0.3) is 0 Å². The van der Waals surface area contributed by atoms with Gasteiger partial charge in [-0.3, -0.25) is 0 Å². The zero-order valence-electron chi connectivity index (χ0n) is 12.4. The number of nitrogens with two attached hydrogens (primary N) is 1. The van der Waals surface area contributed by atoms with Crippen molar-refractivity contribution in [3.63, 3.8) is 0 Å². The highest BCUT2D eigenvalue weighted by molar-refractivity contribution is 7.99. The molecule has 0 spiro atoms. The molecule has 1 atom stereocenters. The van der Waals surface area contributed by atoms with Gasteiger partial charge >= 0.3 is 0 Å². The van der Waals surface area contributed by atoms with Crippen LogP contribution >= 0.6 is 11.8 Å². The maximum Gasteiger partial charge on any atom is 0.243 e. The van der Waals surface area contributed by atoms with Crippen molar-refractivity contribution in [3.05, 3.63) is 23.8 Å². The lowest BCUT2D eigenvalue weighted by molar-refractivity contribution is 0.393. The molecule has 0 radical (unpaired) electrons. The molecule has 1 saturated heterocycles. The highest BCUT2D eigenvalue weighted by Gasteiger charge is 2.31. The van der Waals surface area contributed by atoms with Crippen molar-refractivity contribution in [1.82, 2.24) is 4.31 Å². The van der Waals surface area contributed by atoms with Crippen molar-refractivity contribution >= 4 is 21.8 Å². The Bertz CT molecular complexity index is 584. The molecule has 2 rings (SSSR count). The first-order valence-electron chi connectivity index (χ1n) is 6.93. The summed E-state index contributed by atoms with van der Waals surface area (Å²) in [6.45, 7) is 0.401. The van der Waals surface area contributed by atoms with E-state index < -0.39 is 10.0 Å². The van der Waals surface area contributed by atoms with Gasteiger partial charge in [-0.25, -0.2) is 8.42 Å². The van der Waals surface area contributed by atoms with E-state index in [4.69, 9.17) is 10.5 Å². The van der Waals surface area contributed by atoms with Crippen molar-refractivity contribution in [2.45, 2.75) is 23.8 Å². The van der Waals surface area contributed by atoms with E-state index in [0.717, 1.165) is 17.9 Å².